The number of nitrogens with one attached hydrogen (secondary N) is 1. The molecule has 0 amide bonds. The molecule has 0 radical (unpaired) electrons. The number of fused-ring (bicyclic) bond motifs is 1. The Morgan fingerprint density at radius 2 is 1.92 bits per heavy atom. The Kier molecular flexibility index (Phi) is 6.46. The van der Waals surface area contributed by atoms with Crippen LogP contribution in [0.2, 0.25) is 0 Å². The number of hydrogen-bond donors (Lipinski definition) is 2. The largest absolute Gasteiger partial charge is 0.495 e. The zero-order valence-electron chi connectivity index (χ0n) is 21.1. The molecule has 0 aliphatic carbocycles. The molecule has 0 bridgehead atoms. The number of aryl methyl sites for hydroxylation is 1. The van der Waals surface area contributed by atoms with Crippen molar-refractivity contribution in [1.82, 2.24) is 19.5 Å². The first-order valence-electron chi connectivity index (χ1n) is 11.9. The van der Waals surface area contributed by atoms with Gasteiger partial charge in [0.1, 0.15) is 11.6 Å². The molecule has 2 aromatic carbocycles. The summed E-state index contributed by atoms with van der Waals surface area (Å²) in [5.41, 5.74) is 9.83. The summed E-state index contributed by atoms with van der Waals surface area (Å²) < 4.78 is 7.07. The van der Waals surface area contributed by atoms with Gasteiger partial charge in [0, 0.05) is 29.3 Å². The van der Waals surface area contributed by atoms with Crippen LogP contribution in [0.1, 0.15) is 24.2 Å². The van der Waals surface area contributed by atoms with E-state index in [2.05, 4.69) is 25.1 Å². The van der Waals surface area contributed by atoms with E-state index < -0.39 is 6.04 Å². The number of benzene rings is 2. The molecule has 1 atom stereocenters. The summed E-state index contributed by atoms with van der Waals surface area (Å²) in [4.78, 5) is 30.3. The Hall–Kier alpha value is -5.23. The van der Waals surface area contributed by atoms with Crippen molar-refractivity contribution in [1.29, 1.82) is 0 Å². The molecule has 3 heterocycles. The van der Waals surface area contributed by atoms with E-state index in [-0.39, 0.29) is 17.2 Å². The van der Waals surface area contributed by atoms with Crippen LogP contribution in [0.3, 0.4) is 0 Å². The molecule has 38 heavy (non-hydrogen) atoms. The highest BCUT2D eigenvalue weighted by Crippen LogP contribution is 2.32. The highest BCUT2D eigenvalue weighted by atomic mass is 16.5. The molecule has 0 aliphatic rings. The van der Waals surface area contributed by atoms with Crippen LogP contribution in [0.5, 0.6) is 5.75 Å². The monoisotopic (exact) mass is 503 g/mol. The molecule has 9 nitrogen and oxygen atoms in total. The minimum absolute atomic E-state index is 0.0539. The number of nitrogen functional groups attached to an aromatic ring is 1. The van der Waals surface area contributed by atoms with Crippen LogP contribution in [-0.4, -0.2) is 26.6 Å². The normalized spacial score (nSPS) is 11.6. The van der Waals surface area contributed by atoms with E-state index >= 15 is 0 Å². The van der Waals surface area contributed by atoms with E-state index in [1.807, 2.05) is 68.4 Å². The summed E-state index contributed by atoms with van der Waals surface area (Å²) in [5.74, 6) is 0.963. The lowest BCUT2D eigenvalue weighted by Gasteiger charge is -2.22. The Bertz CT molecular complexity index is 1770. The SMILES string of the molecule is [C-]#[N+]c1cnc(N)nc1N[C@@H](C)c1cc2cccc(-c3cncc(OC)c3)c2c(=O)n1-c1cccc(C)c1. The van der Waals surface area contributed by atoms with E-state index in [1.54, 1.807) is 24.1 Å². The van der Waals surface area contributed by atoms with Crippen molar-refractivity contribution in [3.8, 4) is 22.6 Å². The average Bonchev–Trinajstić information content (AvgIpc) is 2.92. The number of nitrogens with two attached hydrogens (primary N) is 1. The van der Waals surface area contributed by atoms with E-state index in [0.29, 0.717) is 22.6 Å². The number of methoxy groups -OCH3 is 1. The van der Waals surface area contributed by atoms with Crippen LogP contribution >= 0.6 is 0 Å². The van der Waals surface area contributed by atoms with Crippen LogP contribution in [0.15, 0.2) is 78.0 Å². The fourth-order valence-electron chi connectivity index (χ4n) is 4.51. The van der Waals surface area contributed by atoms with Gasteiger partial charge in [0.15, 0.2) is 0 Å². The van der Waals surface area contributed by atoms with Gasteiger partial charge in [-0.25, -0.2) is 14.8 Å². The number of anilines is 2. The maximum atomic E-state index is 14.3. The Labute approximate surface area is 219 Å². The molecule has 0 saturated carbocycles. The maximum Gasteiger partial charge on any atom is 0.263 e. The fourth-order valence-corrected chi connectivity index (χ4v) is 4.51. The smallest absolute Gasteiger partial charge is 0.263 e. The predicted octanol–water partition coefficient (Wildman–Crippen LogP) is 5.47. The lowest BCUT2D eigenvalue weighted by atomic mass is 9.98. The Morgan fingerprint density at radius 3 is 2.68 bits per heavy atom. The van der Waals surface area contributed by atoms with Gasteiger partial charge in [-0.2, -0.15) is 0 Å². The first kappa shape index (κ1) is 24.5. The molecule has 0 aliphatic heterocycles. The van der Waals surface area contributed by atoms with E-state index in [0.717, 1.165) is 27.8 Å². The van der Waals surface area contributed by atoms with Crippen molar-refractivity contribution in [2.45, 2.75) is 19.9 Å². The van der Waals surface area contributed by atoms with Crippen molar-refractivity contribution in [2.75, 3.05) is 18.2 Å². The average molecular weight is 504 g/mol. The zero-order valence-corrected chi connectivity index (χ0v) is 21.1. The van der Waals surface area contributed by atoms with Gasteiger partial charge in [-0.1, -0.05) is 30.3 Å². The molecule has 0 fully saturated rings. The van der Waals surface area contributed by atoms with E-state index in [4.69, 9.17) is 17.0 Å². The number of pyridine rings is 2. The molecular weight excluding hydrogens is 478 g/mol. The molecule has 0 unspecified atom stereocenters. The van der Waals surface area contributed by atoms with E-state index in [9.17, 15) is 4.79 Å². The molecular formula is C29H25N7O2. The van der Waals surface area contributed by atoms with Gasteiger partial charge in [0.05, 0.1) is 31.3 Å². The summed E-state index contributed by atoms with van der Waals surface area (Å²) in [6.45, 7) is 11.4. The van der Waals surface area contributed by atoms with Gasteiger partial charge >= 0.3 is 0 Å². The third-order valence-corrected chi connectivity index (χ3v) is 6.30. The van der Waals surface area contributed by atoms with Crippen LogP contribution < -0.4 is 21.3 Å². The number of rotatable bonds is 6. The first-order valence-corrected chi connectivity index (χ1v) is 11.9. The van der Waals surface area contributed by atoms with Gasteiger partial charge in [0.2, 0.25) is 11.6 Å². The minimum Gasteiger partial charge on any atom is -0.495 e. The van der Waals surface area contributed by atoms with Crippen molar-refractivity contribution in [3.05, 3.63) is 106 Å². The highest BCUT2D eigenvalue weighted by molar-refractivity contribution is 5.96. The van der Waals surface area contributed by atoms with Crippen LogP contribution in [0.4, 0.5) is 17.5 Å². The van der Waals surface area contributed by atoms with Crippen LogP contribution in [0, 0.1) is 13.5 Å². The summed E-state index contributed by atoms with van der Waals surface area (Å²) in [5, 5.41) is 4.60. The van der Waals surface area contributed by atoms with Gasteiger partial charge in [0.25, 0.3) is 5.56 Å². The van der Waals surface area contributed by atoms with Crippen LogP contribution in [0.25, 0.3) is 32.4 Å². The quantitative estimate of drug-likeness (QED) is 0.296. The molecule has 3 N–H and O–H groups in total. The number of aromatic nitrogens is 4. The fraction of sp³-hybridized carbons (Fsp3) is 0.138. The summed E-state index contributed by atoms with van der Waals surface area (Å²) in [6.07, 6.45) is 4.73. The van der Waals surface area contributed by atoms with Gasteiger partial charge in [-0.15, -0.1) is 0 Å². The van der Waals surface area contributed by atoms with Gasteiger partial charge in [-0.05, 0) is 54.6 Å². The molecule has 9 heteroatoms. The van der Waals surface area contributed by atoms with E-state index in [1.165, 1.54) is 6.20 Å². The summed E-state index contributed by atoms with van der Waals surface area (Å²) in [7, 11) is 1.58. The standard InChI is InChI=1S/C29H25N7O2/c1-17-7-5-9-21(11-17)36-25(18(2)34-27-24(31-3)16-33-29(30)35-27)13-19-8-6-10-23(26(19)28(36)37)20-12-22(38-4)15-32-14-20/h5-16,18H,1-2,4H3,(H3,30,33,34,35)/t18-/m0/s1. The topological polar surface area (TPSA) is 112 Å². The van der Waals surface area contributed by atoms with Crippen LogP contribution in [-0.2, 0) is 0 Å². The van der Waals surface area contributed by atoms with Crippen molar-refractivity contribution < 1.29 is 4.74 Å². The predicted molar refractivity (Wildman–Crippen MR) is 149 cm³/mol. The molecule has 188 valence electrons. The minimum atomic E-state index is -0.412. The van der Waals surface area contributed by atoms with Crippen molar-refractivity contribution >= 4 is 28.2 Å². The Balaban J connectivity index is 1.76. The molecule has 3 aromatic heterocycles. The molecule has 5 aromatic rings. The second-order valence-corrected chi connectivity index (χ2v) is 8.87. The summed E-state index contributed by atoms with van der Waals surface area (Å²) >= 11 is 0. The number of hydrogen-bond acceptors (Lipinski definition) is 7. The lowest BCUT2D eigenvalue weighted by Crippen LogP contribution is -2.26. The Morgan fingerprint density at radius 1 is 1.11 bits per heavy atom. The molecule has 5 rings (SSSR count). The van der Waals surface area contributed by atoms with Crippen molar-refractivity contribution in [2.24, 2.45) is 0 Å². The zero-order chi connectivity index (χ0) is 26.8. The first-order chi connectivity index (χ1) is 18.4. The number of nitrogens with zero attached hydrogens (tertiary/aromatic N) is 5. The van der Waals surface area contributed by atoms with Gasteiger partial charge < -0.3 is 15.8 Å². The molecule has 0 saturated heterocycles. The second-order valence-electron chi connectivity index (χ2n) is 8.87. The maximum absolute atomic E-state index is 14.3. The van der Waals surface area contributed by atoms with Gasteiger partial charge in [-0.3, -0.25) is 14.3 Å². The summed E-state index contributed by atoms with van der Waals surface area (Å²) in [6, 6.07) is 16.9. The van der Waals surface area contributed by atoms with Crippen molar-refractivity contribution in [3.63, 3.8) is 0 Å². The lowest BCUT2D eigenvalue weighted by molar-refractivity contribution is 0.413. The number of ether oxygens (including phenoxy) is 1. The molecule has 0 spiro atoms. The highest BCUT2D eigenvalue weighted by Gasteiger charge is 2.20. The third-order valence-electron chi connectivity index (χ3n) is 6.30. The third kappa shape index (κ3) is 4.51. The second kappa shape index (κ2) is 10.0.